The summed E-state index contributed by atoms with van der Waals surface area (Å²) in [4.78, 5) is 32.2. The Kier molecular flexibility index (Phi) is 6.51. The Morgan fingerprint density at radius 1 is 1.14 bits per heavy atom. The number of rotatable bonds is 8. The average Bonchev–Trinajstić information content (AvgIpc) is 3.25. The van der Waals surface area contributed by atoms with E-state index in [4.69, 9.17) is 14.0 Å². The van der Waals surface area contributed by atoms with Crippen molar-refractivity contribution in [3.05, 3.63) is 59.7 Å². The molecule has 2 heterocycles. The van der Waals surface area contributed by atoms with Crippen molar-refractivity contribution in [3.63, 3.8) is 0 Å². The van der Waals surface area contributed by atoms with Gasteiger partial charge < -0.3 is 19.3 Å². The number of aryl methyl sites for hydroxylation is 1. The number of nitrogens with one attached hydrogen (secondary N) is 1. The van der Waals surface area contributed by atoms with E-state index in [0.717, 1.165) is 11.1 Å². The Labute approximate surface area is 167 Å². The predicted octanol–water partition coefficient (Wildman–Crippen LogP) is 2.18. The van der Waals surface area contributed by atoms with Gasteiger partial charge in [0.05, 0.1) is 14.2 Å². The summed E-state index contributed by atoms with van der Waals surface area (Å²) in [5, 5.41) is 6.71. The molecule has 0 spiro atoms. The summed E-state index contributed by atoms with van der Waals surface area (Å²) in [5.74, 6) is 0.564. The minimum atomic E-state index is -0.503. The van der Waals surface area contributed by atoms with Crippen molar-refractivity contribution in [1.29, 1.82) is 0 Å². The van der Waals surface area contributed by atoms with Gasteiger partial charge in [-0.1, -0.05) is 11.2 Å². The van der Waals surface area contributed by atoms with E-state index in [1.165, 1.54) is 14.2 Å². The normalized spacial score (nSPS) is 10.4. The van der Waals surface area contributed by atoms with Gasteiger partial charge in [0.15, 0.2) is 0 Å². The fraction of sp³-hybridized carbons (Fsp3) is 0.250. The number of carbonyl (C=O) groups excluding carboxylic acids is 2. The minimum absolute atomic E-state index is 0.177. The van der Waals surface area contributed by atoms with Gasteiger partial charge in [-0.25, -0.2) is 4.79 Å². The molecule has 1 amide bonds. The maximum Gasteiger partial charge on any atom is 0.341 e. The lowest BCUT2D eigenvalue weighted by Crippen LogP contribution is -2.23. The van der Waals surface area contributed by atoms with E-state index < -0.39 is 5.97 Å². The number of carbonyl (C=O) groups is 2. The number of pyridine rings is 1. The summed E-state index contributed by atoms with van der Waals surface area (Å²) < 4.78 is 15.1. The molecule has 29 heavy (non-hydrogen) atoms. The van der Waals surface area contributed by atoms with Crippen molar-refractivity contribution in [2.24, 2.45) is 0 Å². The van der Waals surface area contributed by atoms with E-state index in [1.54, 1.807) is 42.7 Å². The van der Waals surface area contributed by atoms with E-state index in [-0.39, 0.29) is 18.9 Å². The topological polar surface area (TPSA) is 116 Å². The monoisotopic (exact) mass is 396 g/mol. The van der Waals surface area contributed by atoms with Crippen LogP contribution in [-0.4, -0.2) is 41.2 Å². The molecule has 3 rings (SSSR count). The van der Waals surface area contributed by atoms with Crippen LogP contribution >= 0.6 is 0 Å². The summed E-state index contributed by atoms with van der Waals surface area (Å²) >= 11 is 0. The Hall–Kier alpha value is -3.75. The molecule has 1 N–H and O–H groups in total. The van der Waals surface area contributed by atoms with E-state index in [2.05, 4.69) is 20.4 Å². The number of hydrogen-bond acceptors (Lipinski definition) is 8. The molecule has 0 aliphatic heterocycles. The van der Waals surface area contributed by atoms with Gasteiger partial charge in [-0.3, -0.25) is 9.78 Å². The Balaban J connectivity index is 1.53. The Morgan fingerprint density at radius 3 is 2.66 bits per heavy atom. The second-order valence-corrected chi connectivity index (χ2v) is 6.05. The average molecular weight is 396 g/mol. The van der Waals surface area contributed by atoms with Gasteiger partial charge >= 0.3 is 5.97 Å². The fourth-order valence-corrected chi connectivity index (χ4v) is 2.62. The largest absolute Gasteiger partial charge is 0.496 e. The molecule has 0 bridgehead atoms. The van der Waals surface area contributed by atoms with Crippen LogP contribution in [0.4, 0.5) is 0 Å². The van der Waals surface area contributed by atoms with Crippen molar-refractivity contribution in [2.45, 2.75) is 19.4 Å². The van der Waals surface area contributed by atoms with Gasteiger partial charge in [-0.05, 0) is 29.8 Å². The van der Waals surface area contributed by atoms with Crippen LogP contribution in [0.5, 0.6) is 5.75 Å². The number of ether oxygens (including phenoxy) is 2. The second kappa shape index (κ2) is 9.45. The lowest BCUT2D eigenvalue weighted by Gasteiger charge is -2.10. The maximum atomic E-state index is 12.1. The van der Waals surface area contributed by atoms with Gasteiger partial charge in [-0.15, -0.1) is 0 Å². The molecule has 9 heteroatoms. The summed E-state index contributed by atoms with van der Waals surface area (Å²) in [6, 6.07) is 8.61. The van der Waals surface area contributed by atoms with Gasteiger partial charge in [-0.2, -0.15) is 4.98 Å². The first kappa shape index (κ1) is 20.0. The molecule has 0 radical (unpaired) electrons. The molecule has 150 valence electrons. The number of nitrogens with zero attached hydrogens (tertiary/aromatic N) is 3. The highest BCUT2D eigenvalue weighted by molar-refractivity contribution is 5.92. The highest BCUT2D eigenvalue weighted by Gasteiger charge is 2.14. The van der Waals surface area contributed by atoms with Gasteiger partial charge in [0.1, 0.15) is 11.3 Å². The van der Waals surface area contributed by atoms with E-state index in [1.807, 2.05) is 0 Å². The minimum Gasteiger partial charge on any atom is -0.496 e. The van der Waals surface area contributed by atoms with E-state index in [9.17, 15) is 9.59 Å². The number of amides is 1. The number of methoxy groups -OCH3 is 2. The van der Waals surface area contributed by atoms with Crippen molar-refractivity contribution in [3.8, 4) is 17.1 Å². The van der Waals surface area contributed by atoms with E-state index >= 15 is 0 Å². The third kappa shape index (κ3) is 5.16. The number of hydrogen-bond donors (Lipinski definition) is 1. The Morgan fingerprint density at radius 2 is 1.93 bits per heavy atom. The van der Waals surface area contributed by atoms with Crippen molar-refractivity contribution >= 4 is 11.9 Å². The first-order valence-electron chi connectivity index (χ1n) is 8.85. The lowest BCUT2D eigenvalue weighted by atomic mass is 10.1. The highest BCUT2D eigenvalue weighted by Crippen LogP contribution is 2.21. The van der Waals surface area contributed by atoms with Crippen LogP contribution < -0.4 is 10.1 Å². The van der Waals surface area contributed by atoms with Gasteiger partial charge in [0, 0.05) is 37.3 Å². The van der Waals surface area contributed by atoms with Crippen LogP contribution in [0.15, 0.2) is 47.2 Å². The standard InChI is InChI=1S/C20H20N4O5/c1-27-16-4-3-13(11-15(16)20(26)28-2)12-22-17(25)5-6-18-23-19(24-29-18)14-7-9-21-10-8-14/h3-4,7-11H,5-6,12H2,1-2H3,(H,22,25). The zero-order valence-electron chi connectivity index (χ0n) is 16.0. The molecule has 0 aliphatic rings. The molecule has 3 aromatic rings. The molecule has 0 saturated heterocycles. The first-order chi connectivity index (χ1) is 14.1. The number of benzene rings is 1. The molecule has 0 atom stereocenters. The highest BCUT2D eigenvalue weighted by atomic mass is 16.5. The van der Waals surface area contributed by atoms with Crippen LogP contribution in [0.2, 0.25) is 0 Å². The third-order valence-corrected chi connectivity index (χ3v) is 4.13. The summed E-state index contributed by atoms with van der Waals surface area (Å²) in [6.07, 6.45) is 3.80. The van der Waals surface area contributed by atoms with Crippen molar-refractivity contribution in [1.82, 2.24) is 20.4 Å². The molecule has 0 aliphatic carbocycles. The van der Waals surface area contributed by atoms with Crippen LogP contribution in [0.1, 0.15) is 28.2 Å². The zero-order chi connectivity index (χ0) is 20.6. The summed E-state index contributed by atoms with van der Waals surface area (Å²) in [7, 11) is 2.77. The number of aromatic nitrogens is 3. The lowest BCUT2D eigenvalue weighted by molar-refractivity contribution is -0.121. The Bertz CT molecular complexity index is 988. The second-order valence-electron chi connectivity index (χ2n) is 6.05. The molecule has 9 nitrogen and oxygen atoms in total. The maximum absolute atomic E-state index is 12.1. The van der Waals surface area contributed by atoms with Crippen molar-refractivity contribution < 1.29 is 23.6 Å². The molecule has 2 aromatic heterocycles. The molecule has 0 unspecified atom stereocenters. The number of esters is 1. The summed E-state index contributed by atoms with van der Waals surface area (Å²) in [5.41, 5.74) is 1.84. The smallest absolute Gasteiger partial charge is 0.341 e. The predicted molar refractivity (Wildman–Crippen MR) is 102 cm³/mol. The van der Waals surface area contributed by atoms with E-state index in [0.29, 0.717) is 29.4 Å². The van der Waals surface area contributed by atoms with Crippen LogP contribution in [0, 0.1) is 0 Å². The molecule has 0 saturated carbocycles. The quantitative estimate of drug-likeness (QED) is 0.576. The fourth-order valence-electron chi connectivity index (χ4n) is 2.62. The third-order valence-electron chi connectivity index (χ3n) is 4.13. The molecular formula is C20H20N4O5. The molecule has 0 fully saturated rings. The molecule has 1 aromatic carbocycles. The molecular weight excluding hydrogens is 376 g/mol. The van der Waals surface area contributed by atoms with Crippen LogP contribution in [-0.2, 0) is 22.5 Å². The van der Waals surface area contributed by atoms with Gasteiger partial charge in [0.2, 0.25) is 17.6 Å². The van der Waals surface area contributed by atoms with Crippen molar-refractivity contribution in [2.75, 3.05) is 14.2 Å². The first-order valence-corrected chi connectivity index (χ1v) is 8.85. The van der Waals surface area contributed by atoms with Crippen LogP contribution in [0.25, 0.3) is 11.4 Å². The zero-order valence-corrected chi connectivity index (χ0v) is 16.0. The van der Waals surface area contributed by atoms with Crippen LogP contribution in [0.3, 0.4) is 0 Å². The summed E-state index contributed by atoms with van der Waals surface area (Å²) in [6.45, 7) is 0.263. The van der Waals surface area contributed by atoms with Gasteiger partial charge in [0.25, 0.3) is 0 Å². The SMILES string of the molecule is COC(=O)c1cc(CNC(=O)CCc2nc(-c3ccncc3)no2)ccc1OC.